The number of halogens is 2. The molecule has 0 spiro atoms. The summed E-state index contributed by atoms with van der Waals surface area (Å²) in [6, 6.07) is 5.08. The molecule has 0 saturated heterocycles. The molecule has 1 rings (SSSR count). The highest BCUT2D eigenvalue weighted by atomic mass is 35.5. The molecular formula is C10H10ClFO. The number of aldehydes is 1. The summed E-state index contributed by atoms with van der Waals surface area (Å²) in [5.74, 6) is -0.269. The minimum absolute atomic E-state index is 0.249. The van der Waals surface area contributed by atoms with Crippen LogP contribution in [0.4, 0.5) is 4.39 Å². The Bertz CT molecular complexity index is 312. The zero-order valence-corrected chi connectivity index (χ0v) is 8.01. The van der Waals surface area contributed by atoms with Gasteiger partial charge in [-0.05, 0) is 24.5 Å². The van der Waals surface area contributed by atoms with Gasteiger partial charge in [0.05, 0.1) is 5.38 Å². The zero-order chi connectivity index (χ0) is 9.84. The molecule has 1 unspecified atom stereocenters. The number of benzene rings is 1. The smallest absolute Gasteiger partial charge is 0.138 e. The van der Waals surface area contributed by atoms with Crippen molar-refractivity contribution in [2.24, 2.45) is 0 Å². The lowest BCUT2D eigenvalue weighted by Crippen LogP contribution is -2.06. The summed E-state index contributed by atoms with van der Waals surface area (Å²) in [6.45, 7) is 1.68. The minimum Gasteiger partial charge on any atom is -0.302 e. The molecule has 3 heteroatoms. The molecule has 1 aromatic carbocycles. The van der Waals surface area contributed by atoms with Crippen LogP contribution in [-0.4, -0.2) is 11.7 Å². The van der Waals surface area contributed by atoms with Crippen LogP contribution in [0.25, 0.3) is 0 Å². The average Bonchev–Trinajstić information content (AvgIpc) is 2.13. The van der Waals surface area contributed by atoms with E-state index in [1.54, 1.807) is 25.1 Å². The van der Waals surface area contributed by atoms with Crippen LogP contribution in [0.5, 0.6) is 0 Å². The lowest BCUT2D eigenvalue weighted by Gasteiger charge is -2.05. The van der Waals surface area contributed by atoms with Gasteiger partial charge < -0.3 is 4.79 Å². The maximum Gasteiger partial charge on any atom is 0.138 e. The van der Waals surface area contributed by atoms with E-state index in [4.69, 9.17) is 11.6 Å². The second-order valence-corrected chi connectivity index (χ2v) is 3.46. The number of carbonyl (C=O) groups is 1. The van der Waals surface area contributed by atoms with Crippen LogP contribution in [0.15, 0.2) is 18.2 Å². The Labute approximate surface area is 81.5 Å². The summed E-state index contributed by atoms with van der Waals surface area (Å²) in [4.78, 5) is 10.3. The molecule has 0 bridgehead atoms. The largest absolute Gasteiger partial charge is 0.302 e. The molecular weight excluding hydrogens is 191 g/mol. The first-order valence-electron chi connectivity index (χ1n) is 3.98. The highest BCUT2D eigenvalue weighted by Crippen LogP contribution is 2.14. The summed E-state index contributed by atoms with van der Waals surface area (Å²) in [5, 5.41) is -0.642. The number of rotatable bonds is 3. The van der Waals surface area contributed by atoms with Gasteiger partial charge in [0.15, 0.2) is 0 Å². The molecule has 0 N–H and O–H groups in total. The van der Waals surface area contributed by atoms with Gasteiger partial charge in [0, 0.05) is 0 Å². The Morgan fingerprint density at radius 2 is 2.31 bits per heavy atom. The third kappa shape index (κ3) is 2.52. The van der Waals surface area contributed by atoms with Crippen LogP contribution in [-0.2, 0) is 11.2 Å². The van der Waals surface area contributed by atoms with Gasteiger partial charge in [0.25, 0.3) is 0 Å². The zero-order valence-electron chi connectivity index (χ0n) is 7.26. The molecule has 0 saturated carbocycles. The fourth-order valence-electron chi connectivity index (χ4n) is 1.12. The minimum atomic E-state index is -0.642. The molecule has 0 fully saturated rings. The second kappa shape index (κ2) is 4.38. The molecule has 70 valence electrons. The monoisotopic (exact) mass is 200 g/mol. The molecule has 1 atom stereocenters. The van der Waals surface area contributed by atoms with E-state index in [-0.39, 0.29) is 12.2 Å². The van der Waals surface area contributed by atoms with Crippen molar-refractivity contribution >= 4 is 17.9 Å². The Morgan fingerprint density at radius 1 is 1.62 bits per heavy atom. The summed E-state index contributed by atoms with van der Waals surface area (Å²) in [5.41, 5.74) is 1.07. The van der Waals surface area contributed by atoms with Gasteiger partial charge in [-0.1, -0.05) is 18.2 Å². The van der Waals surface area contributed by atoms with Gasteiger partial charge in [-0.25, -0.2) is 4.39 Å². The van der Waals surface area contributed by atoms with Crippen molar-refractivity contribution in [2.75, 3.05) is 0 Å². The molecule has 13 heavy (non-hydrogen) atoms. The first-order chi connectivity index (χ1) is 6.15. The van der Waals surface area contributed by atoms with Crippen molar-refractivity contribution in [3.63, 3.8) is 0 Å². The normalized spacial score (nSPS) is 12.5. The van der Waals surface area contributed by atoms with Crippen LogP contribution in [0.1, 0.15) is 11.1 Å². The molecule has 0 amide bonds. The first-order valence-corrected chi connectivity index (χ1v) is 4.42. The quantitative estimate of drug-likeness (QED) is 0.541. The molecule has 1 aromatic rings. The van der Waals surface area contributed by atoms with E-state index in [2.05, 4.69) is 0 Å². The number of aryl methyl sites for hydroxylation is 1. The third-order valence-corrected chi connectivity index (χ3v) is 2.09. The van der Waals surface area contributed by atoms with Crippen LogP contribution in [0.2, 0.25) is 0 Å². The van der Waals surface area contributed by atoms with Crippen LogP contribution in [0.3, 0.4) is 0 Å². The highest BCUT2D eigenvalue weighted by molar-refractivity contribution is 6.27. The maximum absolute atomic E-state index is 13.3. The highest BCUT2D eigenvalue weighted by Gasteiger charge is 2.09. The van der Waals surface area contributed by atoms with E-state index in [1.165, 1.54) is 0 Å². The van der Waals surface area contributed by atoms with E-state index in [9.17, 15) is 9.18 Å². The van der Waals surface area contributed by atoms with Crippen molar-refractivity contribution in [1.29, 1.82) is 0 Å². The van der Waals surface area contributed by atoms with Crippen LogP contribution < -0.4 is 0 Å². The fourth-order valence-corrected chi connectivity index (χ4v) is 1.29. The lowest BCUT2D eigenvalue weighted by molar-refractivity contribution is -0.107. The predicted molar refractivity (Wildman–Crippen MR) is 50.5 cm³/mol. The molecule has 0 aliphatic carbocycles. The third-order valence-electron chi connectivity index (χ3n) is 1.83. The molecule has 0 heterocycles. The van der Waals surface area contributed by atoms with E-state index >= 15 is 0 Å². The van der Waals surface area contributed by atoms with E-state index < -0.39 is 5.38 Å². The SMILES string of the molecule is Cc1cccc(CC(Cl)C=O)c1F. The van der Waals surface area contributed by atoms with Gasteiger partial charge in [-0.3, -0.25) is 0 Å². The summed E-state index contributed by atoms with van der Waals surface area (Å²) in [6.07, 6.45) is 0.863. The topological polar surface area (TPSA) is 17.1 Å². The average molecular weight is 201 g/mol. The standard InChI is InChI=1S/C10H10ClFO/c1-7-3-2-4-8(10(7)12)5-9(11)6-13/h2-4,6,9H,5H2,1H3. The summed E-state index contributed by atoms with van der Waals surface area (Å²) < 4.78 is 13.3. The van der Waals surface area contributed by atoms with Gasteiger partial charge >= 0.3 is 0 Å². The van der Waals surface area contributed by atoms with Crippen LogP contribution in [0, 0.1) is 12.7 Å². The van der Waals surface area contributed by atoms with Gasteiger partial charge in [0.1, 0.15) is 12.1 Å². The Kier molecular flexibility index (Phi) is 3.43. The first kappa shape index (κ1) is 10.2. The van der Waals surface area contributed by atoms with E-state index in [1.807, 2.05) is 0 Å². The lowest BCUT2D eigenvalue weighted by atomic mass is 10.1. The molecule has 0 radical (unpaired) electrons. The van der Waals surface area contributed by atoms with Crippen molar-refractivity contribution in [3.05, 3.63) is 35.1 Å². The van der Waals surface area contributed by atoms with E-state index in [0.29, 0.717) is 17.4 Å². The molecule has 0 aliphatic heterocycles. The van der Waals surface area contributed by atoms with Crippen LogP contribution >= 0.6 is 11.6 Å². The number of alkyl halides is 1. The summed E-state index contributed by atoms with van der Waals surface area (Å²) >= 11 is 5.59. The Hall–Kier alpha value is -0.890. The van der Waals surface area contributed by atoms with Crippen molar-refractivity contribution in [3.8, 4) is 0 Å². The van der Waals surface area contributed by atoms with Gasteiger partial charge in [-0.15, -0.1) is 11.6 Å². The Balaban J connectivity index is 2.88. The molecule has 0 aliphatic rings. The number of hydrogen-bond acceptors (Lipinski definition) is 1. The Morgan fingerprint density at radius 3 is 2.92 bits per heavy atom. The maximum atomic E-state index is 13.3. The van der Waals surface area contributed by atoms with Crippen molar-refractivity contribution in [2.45, 2.75) is 18.7 Å². The second-order valence-electron chi connectivity index (χ2n) is 2.90. The summed E-state index contributed by atoms with van der Waals surface area (Å²) in [7, 11) is 0. The number of carbonyl (C=O) groups excluding carboxylic acids is 1. The number of hydrogen-bond donors (Lipinski definition) is 0. The fraction of sp³-hybridized carbons (Fsp3) is 0.300. The van der Waals surface area contributed by atoms with E-state index in [0.717, 1.165) is 0 Å². The van der Waals surface area contributed by atoms with Gasteiger partial charge in [0.2, 0.25) is 0 Å². The van der Waals surface area contributed by atoms with Gasteiger partial charge in [-0.2, -0.15) is 0 Å². The molecule has 1 nitrogen and oxygen atoms in total. The van der Waals surface area contributed by atoms with Crippen molar-refractivity contribution < 1.29 is 9.18 Å². The van der Waals surface area contributed by atoms with Crippen molar-refractivity contribution in [1.82, 2.24) is 0 Å². The predicted octanol–water partition coefficient (Wildman–Crippen LogP) is 2.48. The molecule has 0 aromatic heterocycles.